The van der Waals surface area contributed by atoms with Crippen LogP contribution in [0.3, 0.4) is 0 Å². The zero-order valence-corrected chi connectivity index (χ0v) is 14.5. The molecule has 0 aliphatic rings. The molecule has 0 heterocycles. The molecule has 0 bridgehead atoms. The molecule has 25 heavy (non-hydrogen) atoms. The van der Waals surface area contributed by atoms with E-state index in [-0.39, 0.29) is 32.9 Å². The van der Waals surface area contributed by atoms with Gasteiger partial charge < -0.3 is 10.6 Å². The van der Waals surface area contributed by atoms with Gasteiger partial charge in [-0.3, -0.25) is 19.7 Å². The smallest absolute Gasteiger partial charge is 0.270 e. The fourth-order valence-corrected chi connectivity index (χ4v) is 2.31. The summed E-state index contributed by atoms with van der Waals surface area (Å²) in [6.07, 6.45) is 0.299. The molecule has 7 nitrogen and oxygen atoms in total. The van der Waals surface area contributed by atoms with E-state index in [1.807, 2.05) is 0 Å². The first-order chi connectivity index (χ1) is 11.8. The second kappa shape index (κ2) is 7.96. The van der Waals surface area contributed by atoms with Crippen LogP contribution < -0.4 is 10.6 Å². The summed E-state index contributed by atoms with van der Waals surface area (Å²) in [5, 5.41) is 16.3. The lowest BCUT2D eigenvalue weighted by molar-refractivity contribution is -0.384. The van der Waals surface area contributed by atoms with Crippen molar-refractivity contribution in [1.82, 2.24) is 0 Å². The second-order valence-electron chi connectivity index (χ2n) is 4.97. The SMILES string of the molecule is CCC(=O)Nc1ccc(Cl)c(NC(=O)c2cc([N+](=O)[O-])ccc2Cl)c1. The molecule has 0 atom stereocenters. The molecule has 2 aromatic carbocycles. The Kier molecular flexibility index (Phi) is 5.95. The Morgan fingerprint density at radius 2 is 1.76 bits per heavy atom. The molecule has 0 radical (unpaired) electrons. The summed E-state index contributed by atoms with van der Waals surface area (Å²) in [5.41, 5.74) is 0.374. The normalized spacial score (nSPS) is 10.2. The topological polar surface area (TPSA) is 101 Å². The van der Waals surface area contributed by atoms with Gasteiger partial charge in [-0.25, -0.2) is 0 Å². The Morgan fingerprint density at radius 3 is 2.40 bits per heavy atom. The number of halogens is 2. The monoisotopic (exact) mass is 381 g/mol. The van der Waals surface area contributed by atoms with Gasteiger partial charge in [0, 0.05) is 24.2 Å². The van der Waals surface area contributed by atoms with Crippen molar-refractivity contribution in [2.75, 3.05) is 10.6 Å². The molecule has 0 unspecified atom stereocenters. The first-order valence-electron chi connectivity index (χ1n) is 7.16. The fourth-order valence-electron chi connectivity index (χ4n) is 1.94. The third-order valence-corrected chi connectivity index (χ3v) is 3.88. The van der Waals surface area contributed by atoms with Crippen molar-refractivity contribution >= 4 is 52.1 Å². The van der Waals surface area contributed by atoms with E-state index in [2.05, 4.69) is 10.6 Å². The number of carbonyl (C=O) groups excluding carboxylic acids is 2. The van der Waals surface area contributed by atoms with Gasteiger partial charge in [0.15, 0.2) is 0 Å². The summed E-state index contributed by atoms with van der Waals surface area (Å²) < 4.78 is 0. The highest BCUT2D eigenvalue weighted by Gasteiger charge is 2.17. The number of hydrogen-bond donors (Lipinski definition) is 2. The molecule has 0 spiro atoms. The molecule has 2 amide bonds. The van der Waals surface area contributed by atoms with Crippen LogP contribution in [0.25, 0.3) is 0 Å². The van der Waals surface area contributed by atoms with E-state index in [0.29, 0.717) is 12.1 Å². The first-order valence-corrected chi connectivity index (χ1v) is 7.92. The summed E-state index contributed by atoms with van der Waals surface area (Å²) in [6.45, 7) is 1.71. The second-order valence-corrected chi connectivity index (χ2v) is 5.79. The number of amides is 2. The van der Waals surface area contributed by atoms with Crippen molar-refractivity contribution in [2.24, 2.45) is 0 Å². The lowest BCUT2D eigenvalue weighted by atomic mass is 10.1. The maximum absolute atomic E-state index is 12.4. The van der Waals surface area contributed by atoms with Crippen molar-refractivity contribution in [3.8, 4) is 0 Å². The number of nitrogens with one attached hydrogen (secondary N) is 2. The lowest BCUT2D eigenvalue weighted by Gasteiger charge is -2.11. The summed E-state index contributed by atoms with van der Waals surface area (Å²) in [4.78, 5) is 34.1. The van der Waals surface area contributed by atoms with Crippen molar-refractivity contribution in [3.63, 3.8) is 0 Å². The Hall–Kier alpha value is -2.64. The highest BCUT2D eigenvalue weighted by Crippen LogP contribution is 2.28. The average molecular weight is 382 g/mol. The number of benzene rings is 2. The minimum Gasteiger partial charge on any atom is -0.326 e. The predicted octanol–water partition coefficient (Wildman–Crippen LogP) is 4.50. The van der Waals surface area contributed by atoms with Gasteiger partial charge in [-0.05, 0) is 24.3 Å². The largest absolute Gasteiger partial charge is 0.326 e. The van der Waals surface area contributed by atoms with Crippen LogP contribution in [0.4, 0.5) is 17.1 Å². The van der Waals surface area contributed by atoms with E-state index in [1.165, 1.54) is 24.3 Å². The van der Waals surface area contributed by atoms with Crippen molar-refractivity contribution in [2.45, 2.75) is 13.3 Å². The zero-order valence-electron chi connectivity index (χ0n) is 13.0. The number of rotatable bonds is 5. The lowest BCUT2D eigenvalue weighted by Crippen LogP contribution is -2.14. The fraction of sp³-hybridized carbons (Fsp3) is 0.125. The molecule has 2 rings (SSSR count). The minimum absolute atomic E-state index is 0.0602. The number of non-ortho nitro benzene ring substituents is 1. The quantitative estimate of drug-likeness (QED) is 0.587. The van der Waals surface area contributed by atoms with Gasteiger partial charge in [0.1, 0.15) is 0 Å². The summed E-state index contributed by atoms with van der Waals surface area (Å²) >= 11 is 12.0. The van der Waals surface area contributed by atoms with Gasteiger partial charge in [0.2, 0.25) is 5.91 Å². The van der Waals surface area contributed by atoms with Crippen LogP contribution in [-0.2, 0) is 4.79 Å². The molecule has 2 N–H and O–H groups in total. The van der Waals surface area contributed by atoms with Gasteiger partial charge in [-0.1, -0.05) is 30.1 Å². The Morgan fingerprint density at radius 1 is 1.08 bits per heavy atom. The minimum atomic E-state index is -0.658. The zero-order chi connectivity index (χ0) is 18.6. The van der Waals surface area contributed by atoms with Crippen LogP contribution in [0.1, 0.15) is 23.7 Å². The van der Waals surface area contributed by atoms with E-state index in [0.717, 1.165) is 6.07 Å². The molecular weight excluding hydrogens is 369 g/mol. The molecule has 0 fully saturated rings. The molecular formula is C16H13Cl2N3O4. The van der Waals surface area contributed by atoms with Gasteiger partial charge in [-0.2, -0.15) is 0 Å². The average Bonchev–Trinajstić information content (AvgIpc) is 2.57. The third kappa shape index (κ3) is 4.68. The van der Waals surface area contributed by atoms with Crippen LogP contribution in [0, 0.1) is 10.1 Å². The van der Waals surface area contributed by atoms with E-state index < -0.39 is 10.8 Å². The molecule has 0 aliphatic carbocycles. The first kappa shape index (κ1) is 18.7. The molecule has 0 aromatic heterocycles. The maximum atomic E-state index is 12.4. The van der Waals surface area contributed by atoms with Crippen LogP contribution in [0.2, 0.25) is 10.0 Å². The number of anilines is 2. The number of nitrogens with zero attached hydrogens (tertiary/aromatic N) is 1. The van der Waals surface area contributed by atoms with Crippen LogP contribution in [0.15, 0.2) is 36.4 Å². The summed E-state index contributed by atoms with van der Waals surface area (Å²) in [7, 11) is 0. The Balaban J connectivity index is 2.28. The predicted molar refractivity (Wildman–Crippen MR) is 96.4 cm³/mol. The highest BCUT2D eigenvalue weighted by atomic mass is 35.5. The molecule has 0 saturated carbocycles. The number of carbonyl (C=O) groups is 2. The van der Waals surface area contributed by atoms with Crippen molar-refractivity contribution in [3.05, 3.63) is 62.1 Å². The van der Waals surface area contributed by atoms with E-state index in [4.69, 9.17) is 23.2 Å². The summed E-state index contributed by atoms with van der Waals surface area (Å²) in [5.74, 6) is -0.851. The van der Waals surface area contributed by atoms with Crippen molar-refractivity contribution in [1.29, 1.82) is 0 Å². The van der Waals surface area contributed by atoms with Gasteiger partial charge in [0.25, 0.3) is 11.6 Å². The standard InChI is InChI=1S/C16H13Cl2N3O4/c1-2-15(22)19-9-3-5-13(18)14(7-9)20-16(23)11-8-10(21(24)25)4-6-12(11)17/h3-8H,2H2,1H3,(H,19,22)(H,20,23). The molecule has 0 aliphatic heterocycles. The number of nitro groups is 1. The van der Waals surface area contributed by atoms with Crippen LogP contribution >= 0.6 is 23.2 Å². The maximum Gasteiger partial charge on any atom is 0.270 e. The van der Waals surface area contributed by atoms with Crippen LogP contribution in [0.5, 0.6) is 0 Å². The van der Waals surface area contributed by atoms with E-state index in [1.54, 1.807) is 13.0 Å². The van der Waals surface area contributed by atoms with Gasteiger partial charge >= 0.3 is 0 Å². The molecule has 130 valence electrons. The van der Waals surface area contributed by atoms with E-state index in [9.17, 15) is 19.7 Å². The molecule has 9 heteroatoms. The third-order valence-electron chi connectivity index (χ3n) is 3.22. The molecule has 2 aromatic rings. The van der Waals surface area contributed by atoms with Gasteiger partial charge in [-0.15, -0.1) is 0 Å². The number of nitro benzene ring substituents is 1. The van der Waals surface area contributed by atoms with Gasteiger partial charge in [0.05, 0.1) is 26.2 Å². The van der Waals surface area contributed by atoms with E-state index >= 15 is 0 Å². The molecule has 0 saturated heterocycles. The Labute approximate surface area is 153 Å². The highest BCUT2D eigenvalue weighted by molar-refractivity contribution is 6.36. The number of hydrogen-bond acceptors (Lipinski definition) is 4. The Bertz CT molecular complexity index is 855. The van der Waals surface area contributed by atoms with Crippen molar-refractivity contribution < 1.29 is 14.5 Å². The van der Waals surface area contributed by atoms with Crippen LogP contribution in [-0.4, -0.2) is 16.7 Å². The summed E-state index contributed by atoms with van der Waals surface area (Å²) in [6, 6.07) is 8.14.